The summed E-state index contributed by atoms with van der Waals surface area (Å²) in [5.74, 6) is -1.66. The van der Waals surface area contributed by atoms with Gasteiger partial charge < -0.3 is 5.32 Å². The second kappa shape index (κ2) is 6.46. The molecule has 0 unspecified atom stereocenters. The van der Waals surface area contributed by atoms with Crippen LogP contribution in [0.2, 0.25) is 0 Å². The molecule has 5 nitrogen and oxygen atoms in total. The Kier molecular flexibility index (Phi) is 5.45. The van der Waals surface area contributed by atoms with Crippen molar-refractivity contribution < 1.29 is 26.4 Å². The van der Waals surface area contributed by atoms with Crippen LogP contribution in [0.15, 0.2) is 18.2 Å². The summed E-state index contributed by atoms with van der Waals surface area (Å²) in [4.78, 5) is 15.5. The van der Waals surface area contributed by atoms with E-state index in [4.69, 9.17) is 0 Å². The molecule has 0 aliphatic heterocycles. The standard InChI is InChI=1S/C14H19F3N2O3S/c1-9(2)8-23(21,22)13(3,4)12(20)19-11-7-5-6-10(18-11)14(15,16)17/h5-7,9H,8H2,1-4H3,(H,18,19,20). The lowest BCUT2D eigenvalue weighted by atomic mass is 10.2. The molecular weight excluding hydrogens is 333 g/mol. The number of sulfone groups is 1. The number of carbonyl (C=O) groups excluding carboxylic acids is 1. The van der Waals surface area contributed by atoms with E-state index in [0.29, 0.717) is 0 Å². The maximum Gasteiger partial charge on any atom is 0.433 e. The number of anilines is 1. The molecule has 0 aromatic carbocycles. The van der Waals surface area contributed by atoms with E-state index in [1.807, 2.05) is 0 Å². The minimum atomic E-state index is -4.65. The topological polar surface area (TPSA) is 76.1 Å². The fourth-order valence-electron chi connectivity index (χ4n) is 1.72. The van der Waals surface area contributed by atoms with Crippen molar-refractivity contribution in [2.75, 3.05) is 11.1 Å². The van der Waals surface area contributed by atoms with E-state index < -0.39 is 32.4 Å². The molecule has 1 amide bonds. The van der Waals surface area contributed by atoms with Crippen LogP contribution in [0.3, 0.4) is 0 Å². The number of hydrogen-bond donors (Lipinski definition) is 1. The van der Waals surface area contributed by atoms with Gasteiger partial charge in [-0.25, -0.2) is 13.4 Å². The van der Waals surface area contributed by atoms with Gasteiger partial charge in [-0.1, -0.05) is 19.9 Å². The number of hydrogen-bond acceptors (Lipinski definition) is 4. The van der Waals surface area contributed by atoms with Crippen molar-refractivity contribution in [1.29, 1.82) is 0 Å². The number of carbonyl (C=O) groups is 1. The van der Waals surface area contributed by atoms with Crippen LogP contribution >= 0.6 is 0 Å². The molecule has 0 aliphatic rings. The van der Waals surface area contributed by atoms with Gasteiger partial charge in [0.05, 0.1) is 5.75 Å². The molecule has 23 heavy (non-hydrogen) atoms. The lowest BCUT2D eigenvalue weighted by molar-refractivity contribution is -0.141. The highest BCUT2D eigenvalue weighted by molar-refractivity contribution is 7.93. The van der Waals surface area contributed by atoms with Gasteiger partial charge in [-0.15, -0.1) is 0 Å². The highest BCUT2D eigenvalue weighted by Crippen LogP contribution is 2.28. The molecule has 9 heteroatoms. The third-order valence-electron chi connectivity index (χ3n) is 3.16. The van der Waals surface area contributed by atoms with E-state index >= 15 is 0 Å². The summed E-state index contributed by atoms with van der Waals surface area (Å²) in [6, 6.07) is 3.01. The maximum absolute atomic E-state index is 12.6. The molecule has 1 N–H and O–H groups in total. The molecule has 130 valence electrons. The number of alkyl halides is 3. The number of aromatic nitrogens is 1. The van der Waals surface area contributed by atoms with Crippen LogP contribution in [-0.2, 0) is 20.8 Å². The summed E-state index contributed by atoms with van der Waals surface area (Å²) >= 11 is 0. The molecule has 1 aromatic rings. The van der Waals surface area contributed by atoms with Crippen LogP contribution in [0.1, 0.15) is 33.4 Å². The number of halogens is 3. The van der Waals surface area contributed by atoms with Crippen LogP contribution in [-0.4, -0.2) is 29.8 Å². The lowest BCUT2D eigenvalue weighted by Gasteiger charge is -2.24. The first-order valence-electron chi connectivity index (χ1n) is 6.85. The fourth-order valence-corrected chi connectivity index (χ4v) is 3.35. The molecule has 0 saturated carbocycles. The molecule has 0 aliphatic carbocycles. The second-order valence-corrected chi connectivity index (χ2v) is 8.63. The highest BCUT2D eigenvalue weighted by Gasteiger charge is 2.42. The summed E-state index contributed by atoms with van der Waals surface area (Å²) in [5.41, 5.74) is -1.17. The fraction of sp³-hybridized carbons (Fsp3) is 0.571. The summed E-state index contributed by atoms with van der Waals surface area (Å²) in [7, 11) is -3.78. The van der Waals surface area contributed by atoms with Gasteiger partial charge in [0.1, 0.15) is 16.3 Å². The SMILES string of the molecule is CC(C)CS(=O)(=O)C(C)(C)C(=O)Nc1cccc(C(F)(F)F)n1. The molecule has 1 rings (SSSR count). The van der Waals surface area contributed by atoms with Crippen molar-refractivity contribution in [3.05, 3.63) is 23.9 Å². The average Bonchev–Trinajstić information content (AvgIpc) is 2.36. The molecule has 1 heterocycles. The largest absolute Gasteiger partial charge is 0.433 e. The molecule has 0 bridgehead atoms. The van der Waals surface area contributed by atoms with Gasteiger partial charge in [0.15, 0.2) is 9.84 Å². The van der Waals surface area contributed by atoms with Gasteiger partial charge >= 0.3 is 6.18 Å². The summed E-state index contributed by atoms with van der Waals surface area (Å²) < 4.78 is 60.5. The smallest absolute Gasteiger partial charge is 0.309 e. The molecule has 0 saturated heterocycles. The lowest BCUT2D eigenvalue weighted by Crippen LogP contribution is -2.46. The van der Waals surface area contributed by atoms with Gasteiger partial charge in [0.2, 0.25) is 5.91 Å². The zero-order valence-corrected chi connectivity index (χ0v) is 14.0. The molecular formula is C14H19F3N2O3S. The monoisotopic (exact) mass is 352 g/mol. The van der Waals surface area contributed by atoms with Crippen LogP contribution in [0.5, 0.6) is 0 Å². The zero-order chi connectivity index (χ0) is 18.1. The van der Waals surface area contributed by atoms with Gasteiger partial charge in [0.25, 0.3) is 0 Å². The number of nitrogens with zero attached hydrogens (tertiary/aromatic N) is 1. The normalized spacial score (nSPS) is 13.2. The quantitative estimate of drug-likeness (QED) is 0.884. The Morgan fingerprint density at radius 2 is 1.83 bits per heavy atom. The Hall–Kier alpha value is -1.64. The summed E-state index contributed by atoms with van der Waals surface area (Å²) in [6.45, 7) is 5.82. The number of rotatable bonds is 5. The van der Waals surface area contributed by atoms with Crippen molar-refractivity contribution in [3.8, 4) is 0 Å². The first-order valence-corrected chi connectivity index (χ1v) is 8.50. The van der Waals surface area contributed by atoms with E-state index in [9.17, 15) is 26.4 Å². The van der Waals surface area contributed by atoms with Gasteiger partial charge in [-0.05, 0) is 31.9 Å². The third kappa shape index (κ3) is 4.66. The van der Waals surface area contributed by atoms with Crippen LogP contribution in [0.25, 0.3) is 0 Å². The average molecular weight is 352 g/mol. The molecule has 0 fully saturated rings. The molecule has 0 atom stereocenters. The number of amides is 1. The van der Waals surface area contributed by atoms with Gasteiger partial charge in [-0.3, -0.25) is 4.79 Å². The van der Waals surface area contributed by atoms with E-state index in [2.05, 4.69) is 10.3 Å². The highest BCUT2D eigenvalue weighted by atomic mass is 32.2. The Bertz CT molecular complexity index is 683. The Morgan fingerprint density at radius 1 is 1.26 bits per heavy atom. The van der Waals surface area contributed by atoms with Crippen molar-refractivity contribution >= 4 is 21.6 Å². The van der Waals surface area contributed by atoms with Crippen molar-refractivity contribution in [3.63, 3.8) is 0 Å². The second-order valence-electron chi connectivity index (χ2n) is 6.05. The Morgan fingerprint density at radius 3 is 2.30 bits per heavy atom. The van der Waals surface area contributed by atoms with Crippen LogP contribution in [0, 0.1) is 5.92 Å². The maximum atomic E-state index is 12.6. The molecule has 0 spiro atoms. The first kappa shape index (κ1) is 19.4. The third-order valence-corrected chi connectivity index (χ3v) is 6.00. The van der Waals surface area contributed by atoms with Crippen LogP contribution < -0.4 is 5.32 Å². The minimum absolute atomic E-state index is 0.182. The van der Waals surface area contributed by atoms with E-state index in [0.717, 1.165) is 18.2 Å². The van der Waals surface area contributed by atoms with Gasteiger partial charge in [0, 0.05) is 0 Å². The number of pyridine rings is 1. The zero-order valence-electron chi connectivity index (χ0n) is 13.2. The van der Waals surface area contributed by atoms with E-state index in [1.165, 1.54) is 13.8 Å². The van der Waals surface area contributed by atoms with Crippen molar-refractivity contribution in [2.45, 2.75) is 38.6 Å². The predicted molar refractivity (Wildman–Crippen MR) is 80.6 cm³/mol. The Balaban J connectivity index is 3.04. The van der Waals surface area contributed by atoms with Crippen molar-refractivity contribution in [2.24, 2.45) is 5.92 Å². The van der Waals surface area contributed by atoms with E-state index in [1.54, 1.807) is 13.8 Å². The Labute approximate surface area is 133 Å². The molecule has 1 aromatic heterocycles. The van der Waals surface area contributed by atoms with Crippen molar-refractivity contribution in [1.82, 2.24) is 4.98 Å². The first-order chi connectivity index (χ1) is 10.3. The predicted octanol–water partition coefficient (Wildman–Crippen LogP) is 2.89. The summed E-state index contributed by atoms with van der Waals surface area (Å²) in [5, 5.41) is 2.14. The number of nitrogens with one attached hydrogen (secondary N) is 1. The summed E-state index contributed by atoms with van der Waals surface area (Å²) in [6.07, 6.45) is -4.65. The minimum Gasteiger partial charge on any atom is -0.309 e. The molecule has 0 radical (unpaired) electrons. The van der Waals surface area contributed by atoms with Crippen LogP contribution in [0.4, 0.5) is 19.0 Å². The van der Waals surface area contributed by atoms with E-state index in [-0.39, 0.29) is 17.5 Å². The van der Waals surface area contributed by atoms with Gasteiger partial charge in [-0.2, -0.15) is 13.2 Å².